The molecule has 0 spiro atoms. The molecule has 1 aromatic carbocycles. The van der Waals surface area contributed by atoms with Gasteiger partial charge in [-0.15, -0.1) is 0 Å². The topological polar surface area (TPSA) is 91.6 Å². The third-order valence-corrected chi connectivity index (χ3v) is 5.68. The second-order valence-corrected chi connectivity index (χ2v) is 7.97. The minimum Gasteiger partial charge on any atom is -0.338 e. The molecule has 152 valence electrons. The lowest BCUT2D eigenvalue weighted by atomic mass is 10.0. The lowest BCUT2D eigenvalue weighted by molar-refractivity contribution is 0.368. The van der Waals surface area contributed by atoms with Crippen LogP contribution in [0.25, 0.3) is 16.7 Å². The Hall–Kier alpha value is -3.55. The molecule has 3 aromatic heterocycles. The van der Waals surface area contributed by atoms with Gasteiger partial charge in [-0.2, -0.15) is 4.98 Å². The van der Waals surface area contributed by atoms with E-state index in [2.05, 4.69) is 57.4 Å². The van der Waals surface area contributed by atoms with Crippen LogP contribution >= 0.6 is 0 Å². The first-order valence-electron chi connectivity index (χ1n) is 9.98. The molecule has 0 N–H and O–H groups in total. The van der Waals surface area contributed by atoms with Crippen molar-refractivity contribution >= 4 is 16.7 Å². The van der Waals surface area contributed by atoms with Crippen LogP contribution in [0.4, 0.5) is 0 Å². The maximum absolute atomic E-state index is 12.1. The summed E-state index contributed by atoms with van der Waals surface area (Å²) in [5.74, 6) is 2.31. The Morgan fingerprint density at radius 2 is 2.07 bits per heavy atom. The largest absolute Gasteiger partial charge is 0.338 e. The SMILES string of the molecule is Cc1cccc(C2=C[C@@H]3C[C@@H]3C2)c1.Cn1cnc2ncn(Cc3ncno3)c(=O)c21. The summed E-state index contributed by atoms with van der Waals surface area (Å²) >= 11 is 0. The molecule has 0 aliphatic heterocycles. The van der Waals surface area contributed by atoms with Crippen LogP contribution in [0, 0.1) is 18.8 Å². The first-order chi connectivity index (χ1) is 14.6. The van der Waals surface area contributed by atoms with Crippen molar-refractivity contribution in [1.29, 1.82) is 0 Å². The van der Waals surface area contributed by atoms with Crippen LogP contribution in [0.3, 0.4) is 0 Å². The van der Waals surface area contributed by atoms with Gasteiger partial charge in [-0.05, 0) is 42.7 Å². The summed E-state index contributed by atoms with van der Waals surface area (Å²) < 4.78 is 7.88. The summed E-state index contributed by atoms with van der Waals surface area (Å²) in [4.78, 5) is 24.1. The lowest BCUT2D eigenvalue weighted by Crippen LogP contribution is -2.22. The summed E-state index contributed by atoms with van der Waals surface area (Å²) in [6.45, 7) is 2.37. The van der Waals surface area contributed by atoms with Crippen LogP contribution < -0.4 is 5.56 Å². The van der Waals surface area contributed by atoms with Crippen molar-refractivity contribution in [2.24, 2.45) is 18.9 Å². The summed E-state index contributed by atoms with van der Waals surface area (Å²) in [7, 11) is 1.75. The first-order valence-corrected chi connectivity index (χ1v) is 9.98. The number of benzene rings is 1. The van der Waals surface area contributed by atoms with Crippen molar-refractivity contribution in [3.8, 4) is 0 Å². The Morgan fingerprint density at radius 3 is 2.80 bits per heavy atom. The van der Waals surface area contributed by atoms with Gasteiger partial charge in [-0.25, -0.2) is 9.97 Å². The van der Waals surface area contributed by atoms with E-state index in [1.54, 1.807) is 23.5 Å². The molecule has 0 saturated heterocycles. The fourth-order valence-electron chi connectivity index (χ4n) is 3.97. The number of fused-ring (bicyclic) bond motifs is 2. The molecule has 30 heavy (non-hydrogen) atoms. The van der Waals surface area contributed by atoms with Gasteiger partial charge >= 0.3 is 0 Å². The number of aromatic nitrogens is 6. The van der Waals surface area contributed by atoms with E-state index in [1.807, 2.05) is 0 Å². The third-order valence-electron chi connectivity index (χ3n) is 5.68. The van der Waals surface area contributed by atoms with Crippen molar-refractivity contribution in [2.75, 3.05) is 0 Å². The second-order valence-electron chi connectivity index (χ2n) is 7.97. The molecule has 2 aliphatic carbocycles. The van der Waals surface area contributed by atoms with Gasteiger partial charge in [0.05, 0.1) is 6.33 Å². The molecule has 0 unspecified atom stereocenters. The quantitative estimate of drug-likeness (QED) is 0.523. The maximum atomic E-state index is 12.1. The molecule has 1 fully saturated rings. The Morgan fingerprint density at radius 1 is 1.20 bits per heavy atom. The zero-order chi connectivity index (χ0) is 20.7. The highest BCUT2D eigenvalue weighted by Gasteiger charge is 2.40. The summed E-state index contributed by atoms with van der Waals surface area (Å²) in [6, 6.07) is 8.87. The van der Waals surface area contributed by atoms with Gasteiger partial charge in [-0.3, -0.25) is 9.36 Å². The molecule has 1 saturated carbocycles. The molecule has 2 aliphatic rings. The van der Waals surface area contributed by atoms with Gasteiger partial charge in [0.1, 0.15) is 12.9 Å². The molecule has 0 bridgehead atoms. The average Bonchev–Trinajstić information content (AvgIpc) is 3.14. The number of rotatable bonds is 3. The van der Waals surface area contributed by atoms with E-state index in [-0.39, 0.29) is 12.1 Å². The minimum absolute atomic E-state index is 0.187. The Labute approximate surface area is 172 Å². The molecular weight excluding hydrogens is 380 g/mol. The molecule has 4 aromatic rings. The first kappa shape index (κ1) is 18.5. The molecule has 8 nitrogen and oxygen atoms in total. The van der Waals surface area contributed by atoms with Gasteiger partial charge < -0.3 is 9.09 Å². The molecule has 0 amide bonds. The molecule has 3 heterocycles. The molecule has 6 rings (SSSR count). The highest BCUT2D eigenvalue weighted by Crippen LogP contribution is 2.52. The van der Waals surface area contributed by atoms with Crippen molar-refractivity contribution in [3.63, 3.8) is 0 Å². The smallest absolute Gasteiger partial charge is 0.280 e. The number of hydrogen-bond acceptors (Lipinski definition) is 6. The fraction of sp³-hybridized carbons (Fsp3) is 0.318. The Balaban J connectivity index is 0.000000133. The summed E-state index contributed by atoms with van der Waals surface area (Å²) in [6.07, 6.45) is 9.53. The Bertz CT molecular complexity index is 1280. The van der Waals surface area contributed by atoms with Crippen molar-refractivity contribution in [1.82, 2.24) is 29.2 Å². The predicted octanol–water partition coefficient (Wildman–Crippen LogP) is 2.98. The van der Waals surface area contributed by atoms with E-state index in [0.717, 1.165) is 11.8 Å². The van der Waals surface area contributed by atoms with Gasteiger partial charge in [0.2, 0.25) is 5.89 Å². The van der Waals surface area contributed by atoms with E-state index >= 15 is 0 Å². The second kappa shape index (κ2) is 7.37. The van der Waals surface area contributed by atoms with Gasteiger partial charge in [-0.1, -0.05) is 41.1 Å². The molecule has 2 atom stereocenters. The third kappa shape index (κ3) is 3.56. The van der Waals surface area contributed by atoms with E-state index in [1.165, 1.54) is 41.2 Å². The lowest BCUT2D eigenvalue weighted by Gasteiger charge is -2.04. The van der Waals surface area contributed by atoms with Gasteiger partial charge in [0, 0.05) is 7.05 Å². The van der Waals surface area contributed by atoms with Crippen molar-refractivity contribution in [3.05, 3.63) is 76.7 Å². The van der Waals surface area contributed by atoms with Crippen molar-refractivity contribution in [2.45, 2.75) is 26.3 Å². The maximum Gasteiger partial charge on any atom is 0.280 e. The van der Waals surface area contributed by atoms with Gasteiger partial charge in [0.25, 0.3) is 5.56 Å². The number of allylic oxidation sites excluding steroid dienone is 2. The van der Waals surface area contributed by atoms with Crippen LogP contribution in [-0.4, -0.2) is 29.2 Å². The average molecular weight is 402 g/mol. The zero-order valence-corrected chi connectivity index (χ0v) is 16.9. The standard InChI is InChI=1S/C13H14.C9H8N6O2/c1-9-3-2-4-10(5-9)11-6-12-8-13(12)7-11;1-14-4-11-8-7(14)9(16)15(5-12-8)2-6-10-3-13-17-6/h2-6,12-13H,7-8H2,1H3;3-5H,2H2,1H3/t12-,13+;/m1./s1. The van der Waals surface area contributed by atoms with Gasteiger partial charge in [0.15, 0.2) is 17.5 Å². The highest BCUT2D eigenvalue weighted by atomic mass is 16.5. The Kier molecular flexibility index (Phi) is 4.54. The zero-order valence-electron chi connectivity index (χ0n) is 16.9. The molecule has 0 radical (unpaired) electrons. The molecule has 8 heteroatoms. The van der Waals surface area contributed by atoms with Crippen LogP contribution in [0.1, 0.15) is 29.9 Å². The number of nitrogens with zero attached hydrogens (tertiary/aromatic N) is 6. The number of aryl methyl sites for hydroxylation is 2. The number of imidazole rings is 1. The van der Waals surface area contributed by atoms with E-state index < -0.39 is 0 Å². The summed E-state index contributed by atoms with van der Waals surface area (Å²) in [5, 5.41) is 3.48. The normalized spacial score (nSPS) is 19.2. The fourth-order valence-corrected chi connectivity index (χ4v) is 3.97. The van der Waals surface area contributed by atoms with E-state index in [9.17, 15) is 4.79 Å². The minimum atomic E-state index is -0.187. The van der Waals surface area contributed by atoms with Crippen LogP contribution in [-0.2, 0) is 13.6 Å². The monoisotopic (exact) mass is 402 g/mol. The van der Waals surface area contributed by atoms with Crippen LogP contribution in [0.5, 0.6) is 0 Å². The van der Waals surface area contributed by atoms with Crippen LogP contribution in [0.2, 0.25) is 0 Å². The van der Waals surface area contributed by atoms with E-state index in [0.29, 0.717) is 17.1 Å². The van der Waals surface area contributed by atoms with Crippen molar-refractivity contribution < 1.29 is 4.52 Å². The highest BCUT2D eigenvalue weighted by molar-refractivity contribution is 5.70. The number of hydrogen-bond donors (Lipinski definition) is 0. The summed E-state index contributed by atoms with van der Waals surface area (Å²) in [5.41, 5.74) is 5.11. The van der Waals surface area contributed by atoms with Crippen LogP contribution in [0.15, 0.2) is 58.6 Å². The predicted molar refractivity (Wildman–Crippen MR) is 112 cm³/mol. The molecular formula is C22H22N6O2. The van der Waals surface area contributed by atoms with E-state index in [4.69, 9.17) is 4.52 Å².